The molecule has 0 aromatic carbocycles. The van der Waals surface area contributed by atoms with Crippen LogP contribution in [0.15, 0.2) is 11.6 Å². The topological polar surface area (TPSA) is 307 Å². The Kier molecular flexibility index (Phi) is 12.9. The van der Waals surface area contributed by atoms with Gasteiger partial charge < -0.3 is 94.4 Å². The van der Waals surface area contributed by atoms with Gasteiger partial charge in [-0.15, -0.1) is 0 Å². The van der Waals surface area contributed by atoms with E-state index < -0.39 is 116 Å². The van der Waals surface area contributed by atoms with Gasteiger partial charge in [0.25, 0.3) is 0 Å². The van der Waals surface area contributed by atoms with Crippen LogP contribution in [-0.2, 0) is 33.2 Å². The highest BCUT2D eigenvalue weighted by atomic mass is 16.9. The van der Waals surface area contributed by atoms with Crippen molar-refractivity contribution in [1.82, 2.24) is 0 Å². The summed E-state index contributed by atoms with van der Waals surface area (Å²) < 4.78 is 39.7. The highest BCUT2D eigenvalue weighted by molar-refractivity contribution is 5.28. The monoisotopic (exact) mass is 850 g/mol. The van der Waals surface area contributed by atoms with Gasteiger partial charge in [-0.3, -0.25) is 0 Å². The zero-order valence-electron chi connectivity index (χ0n) is 34.3. The lowest BCUT2D eigenvalue weighted by molar-refractivity contribution is -0.486. The van der Waals surface area contributed by atoms with Crippen LogP contribution in [0.3, 0.4) is 0 Å². The molecule has 23 unspecified atom stereocenters. The lowest BCUT2D eigenvalue weighted by atomic mass is 9.45. The normalized spacial score (nSPS) is 55.7. The molecule has 12 N–H and O–H groups in total. The summed E-state index contributed by atoms with van der Waals surface area (Å²) in [6, 6.07) is 0. The van der Waals surface area contributed by atoms with Gasteiger partial charge in [0.05, 0.1) is 37.1 Å². The van der Waals surface area contributed by atoms with E-state index >= 15 is 0 Å². The molecule has 7 rings (SSSR count). The largest absolute Gasteiger partial charge is 0.394 e. The Morgan fingerprint density at radius 1 is 0.797 bits per heavy atom. The van der Waals surface area contributed by atoms with Crippen molar-refractivity contribution < 1.29 is 94.4 Å². The molecule has 19 heteroatoms. The Hall–Kier alpha value is -1.02. The third kappa shape index (κ3) is 7.46. The van der Waals surface area contributed by atoms with Crippen LogP contribution in [0.25, 0.3) is 0 Å². The molecular formula is C40H66O19. The van der Waals surface area contributed by atoms with Crippen LogP contribution < -0.4 is 0 Å². The van der Waals surface area contributed by atoms with E-state index in [0.717, 1.165) is 32.1 Å². The Morgan fingerprint density at radius 3 is 2.08 bits per heavy atom. The van der Waals surface area contributed by atoms with Gasteiger partial charge in [-0.05, 0) is 88.4 Å². The SMILES string of the molecule is COC1C(O)C(OC2CCC3(C)C(=CCC4C3CCC3(C)C(C(C)O)CCC43O)C2)OC(C)C1OC1(O)OC(COC2(O)OC(CO)C(O)C(O)C2O)C(O)C(O)C1O. The number of ether oxygens (including phenoxy) is 7. The average molecular weight is 851 g/mol. The number of allylic oxidation sites excluding steroid dienone is 1. The average Bonchev–Trinajstić information content (AvgIpc) is 3.48. The molecule has 23 atom stereocenters. The van der Waals surface area contributed by atoms with Crippen molar-refractivity contribution in [2.75, 3.05) is 20.3 Å². The van der Waals surface area contributed by atoms with E-state index in [-0.39, 0.29) is 34.7 Å². The standard InChI is InChI=1S/C40H66O19/c1-17(42)21-10-13-38(50)23-7-6-19-14-20(8-11-36(19,3)22(23)9-12-37(21,38)4)56-35-30(47)32(53-5)31(18(2)55-35)59-40(52)34(49)29(46)27(44)25(58-40)16-54-39(51)33(48)28(45)26(43)24(15-41)57-39/h6,17-18,20-35,41-52H,7-16H2,1-5H3. The van der Waals surface area contributed by atoms with Crippen LogP contribution in [0.1, 0.15) is 79.1 Å². The third-order valence-electron chi connectivity index (χ3n) is 15.7. The first-order valence-electron chi connectivity index (χ1n) is 21.0. The molecule has 3 saturated heterocycles. The molecule has 0 aromatic rings. The highest BCUT2D eigenvalue weighted by Crippen LogP contribution is 2.68. The Labute approximate surface area is 343 Å². The summed E-state index contributed by atoms with van der Waals surface area (Å²) in [6.45, 7) is 5.96. The summed E-state index contributed by atoms with van der Waals surface area (Å²) in [5.74, 6) is -5.76. The van der Waals surface area contributed by atoms with Gasteiger partial charge in [0.15, 0.2) is 18.5 Å². The summed E-state index contributed by atoms with van der Waals surface area (Å²) >= 11 is 0. The fourth-order valence-corrected chi connectivity index (χ4v) is 12.1. The van der Waals surface area contributed by atoms with Crippen molar-refractivity contribution in [2.45, 2.75) is 188 Å². The second-order valence-corrected chi connectivity index (χ2v) is 18.8. The van der Waals surface area contributed by atoms with Gasteiger partial charge >= 0.3 is 11.9 Å². The third-order valence-corrected chi connectivity index (χ3v) is 15.7. The number of hydrogen-bond donors (Lipinski definition) is 12. The smallest absolute Gasteiger partial charge is 0.311 e. The van der Waals surface area contributed by atoms with Crippen LogP contribution in [0.5, 0.6) is 0 Å². The van der Waals surface area contributed by atoms with E-state index in [1.165, 1.54) is 12.7 Å². The maximum absolute atomic E-state index is 12.3. The van der Waals surface area contributed by atoms with Crippen molar-refractivity contribution in [3.05, 3.63) is 11.6 Å². The Bertz CT molecular complexity index is 1520. The van der Waals surface area contributed by atoms with Gasteiger partial charge in [0.1, 0.15) is 54.9 Å². The number of fused-ring (bicyclic) bond motifs is 5. The maximum atomic E-state index is 12.3. The predicted octanol–water partition coefficient (Wildman–Crippen LogP) is -2.78. The molecule has 340 valence electrons. The van der Waals surface area contributed by atoms with E-state index in [4.69, 9.17) is 33.2 Å². The number of aliphatic hydroxyl groups is 12. The van der Waals surface area contributed by atoms with Gasteiger partial charge in [0, 0.05) is 12.5 Å². The first-order valence-corrected chi connectivity index (χ1v) is 21.0. The number of hydrogen-bond acceptors (Lipinski definition) is 19. The molecular weight excluding hydrogens is 784 g/mol. The molecule has 7 aliphatic rings. The second kappa shape index (κ2) is 16.5. The Morgan fingerprint density at radius 2 is 1.44 bits per heavy atom. The molecule has 4 aliphatic carbocycles. The number of methoxy groups -OCH3 is 1. The molecule has 0 bridgehead atoms. The van der Waals surface area contributed by atoms with E-state index in [1.54, 1.807) is 6.92 Å². The number of aliphatic hydroxyl groups excluding tert-OH is 9. The van der Waals surface area contributed by atoms with Crippen molar-refractivity contribution in [1.29, 1.82) is 0 Å². The lowest BCUT2D eigenvalue weighted by Crippen LogP contribution is -2.70. The van der Waals surface area contributed by atoms with Crippen LogP contribution in [0, 0.1) is 28.6 Å². The summed E-state index contributed by atoms with van der Waals surface area (Å²) in [6.07, 6.45) is -14.8. The van der Waals surface area contributed by atoms with E-state index in [9.17, 15) is 61.3 Å². The molecule has 3 heterocycles. The van der Waals surface area contributed by atoms with E-state index in [1.807, 2.05) is 6.92 Å². The van der Waals surface area contributed by atoms with Gasteiger partial charge in [-0.25, -0.2) is 0 Å². The summed E-state index contributed by atoms with van der Waals surface area (Å²) in [7, 11) is 1.28. The molecule has 0 radical (unpaired) electrons. The van der Waals surface area contributed by atoms with E-state index in [0.29, 0.717) is 19.3 Å². The minimum absolute atomic E-state index is 0.0584. The molecule has 0 aromatic heterocycles. The summed E-state index contributed by atoms with van der Waals surface area (Å²) in [5.41, 5.74) is -0.100. The van der Waals surface area contributed by atoms with Gasteiger partial charge in [-0.2, -0.15) is 0 Å². The molecule has 0 amide bonds. The first-order chi connectivity index (χ1) is 27.6. The maximum Gasteiger partial charge on any atom is 0.311 e. The lowest BCUT2D eigenvalue weighted by Gasteiger charge is -2.61. The van der Waals surface area contributed by atoms with Crippen LogP contribution >= 0.6 is 0 Å². The molecule has 3 aliphatic heterocycles. The quantitative estimate of drug-likeness (QED) is 0.0781. The summed E-state index contributed by atoms with van der Waals surface area (Å²) in [4.78, 5) is 0. The molecule has 0 spiro atoms. The minimum Gasteiger partial charge on any atom is -0.394 e. The summed E-state index contributed by atoms with van der Waals surface area (Å²) in [5, 5.41) is 129. The fourth-order valence-electron chi connectivity index (χ4n) is 12.1. The van der Waals surface area contributed by atoms with E-state index in [2.05, 4.69) is 19.9 Å². The van der Waals surface area contributed by atoms with Crippen molar-refractivity contribution >= 4 is 0 Å². The Balaban J connectivity index is 0.999. The first kappa shape index (κ1) is 46.0. The van der Waals surface area contributed by atoms with Crippen molar-refractivity contribution in [3.8, 4) is 0 Å². The minimum atomic E-state index is -3.12. The molecule has 19 nitrogen and oxygen atoms in total. The van der Waals surface area contributed by atoms with Crippen LogP contribution in [0.2, 0.25) is 0 Å². The number of rotatable bonds is 10. The fraction of sp³-hybridized carbons (Fsp3) is 0.950. The second-order valence-electron chi connectivity index (χ2n) is 18.8. The molecule has 3 saturated carbocycles. The zero-order chi connectivity index (χ0) is 43.2. The van der Waals surface area contributed by atoms with Crippen molar-refractivity contribution in [3.63, 3.8) is 0 Å². The molecule has 59 heavy (non-hydrogen) atoms. The zero-order valence-corrected chi connectivity index (χ0v) is 34.3. The van der Waals surface area contributed by atoms with Gasteiger partial charge in [0.2, 0.25) is 0 Å². The highest BCUT2D eigenvalue weighted by Gasteiger charge is 2.67. The predicted molar refractivity (Wildman–Crippen MR) is 198 cm³/mol. The van der Waals surface area contributed by atoms with Crippen LogP contribution in [0.4, 0.5) is 0 Å². The van der Waals surface area contributed by atoms with Crippen LogP contribution in [-0.4, -0.2) is 191 Å². The van der Waals surface area contributed by atoms with Gasteiger partial charge in [-0.1, -0.05) is 25.5 Å². The van der Waals surface area contributed by atoms with Crippen molar-refractivity contribution in [2.24, 2.45) is 28.6 Å². The molecule has 6 fully saturated rings.